The van der Waals surface area contributed by atoms with Gasteiger partial charge in [0.05, 0.1) is 5.41 Å². The van der Waals surface area contributed by atoms with E-state index >= 15 is 0 Å². The third kappa shape index (κ3) is 4.18. The Hall–Kier alpha value is -1.30. The molecule has 6 heteroatoms. The van der Waals surface area contributed by atoms with Crippen molar-refractivity contribution in [1.82, 2.24) is 15.1 Å². The van der Waals surface area contributed by atoms with E-state index in [0.29, 0.717) is 19.4 Å². The Morgan fingerprint density at radius 3 is 2.28 bits per heavy atom. The highest BCUT2D eigenvalue weighted by molar-refractivity contribution is 5.80. The molecule has 2 amide bonds. The van der Waals surface area contributed by atoms with Crippen molar-refractivity contribution in [2.24, 2.45) is 5.41 Å². The first-order valence-electron chi connectivity index (χ1n) is 6.24. The summed E-state index contributed by atoms with van der Waals surface area (Å²) in [6.45, 7) is 1.83. The fraction of sp³-hybridized carbons (Fsp3) is 0.833. The Morgan fingerprint density at radius 1 is 1.22 bits per heavy atom. The smallest absolute Gasteiger partial charge is 0.317 e. The standard InChI is InChI=1S/C12H23N3O3/c1-14(2)7-4-8-15(3)11(18)13-9-12(5-6-12)10(16)17/h4-9H2,1-3H3,(H,13,18)(H,16,17). The molecule has 1 fully saturated rings. The molecule has 0 radical (unpaired) electrons. The summed E-state index contributed by atoms with van der Waals surface area (Å²) in [5.41, 5.74) is -0.694. The van der Waals surface area contributed by atoms with Crippen LogP contribution in [0.5, 0.6) is 0 Å². The quantitative estimate of drug-likeness (QED) is 0.694. The minimum atomic E-state index is -0.807. The van der Waals surface area contributed by atoms with E-state index < -0.39 is 11.4 Å². The molecule has 1 saturated carbocycles. The minimum absolute atomic E-state index is 0.193. The lowest BCUT2D eigenvalue weighted by molar-refractivity contribution is -0.143. The van der Waals surface area contributed by atoms with Gasteiger partial charge >= 0.3 is 12.0 Å². The molecule has 1 aliphatic rings. The van der Waals surface area contributed by atoms with E-state index in [2.05, 4.69) is 10.2 Å². The Bertz CT molecular complexity index is 314. The lowest BCUT2D eigenvalue weighted by atomic mass is 10.1. The van der Waals surface area contributed by atoms with Crippen LogP contribution in [0.4, 0.5) is 4.79 Å². The number of nitrogens with one attached hydrogen (secondary N) is 1. The van der Waals surface area contributed by atoms with Gasteiger partial charge in [-0.15, -0.1) is 0 Å². The first-order valence-corrected chi connectivity index (χ1v) is 6.24. The van der Waals surface area contributed by atoms with Gasteiger partial charge in [-0.05, 0) is 39.9 Å². The topological polar surface area (TPSA) is 72.9 Å². The van der Waals surface area contributed by atoms with E-state index in [4.69, 9.17) is 5.11 Å². The van der Waals surface area contributed by atoms with Gasteiger partial charge in [0.25, 0.3) is 0 Å². The van der Waals surface area contributed by atoms with Crippen LogP contribution >= 0.6 is 0 Å². The molecule has 0 atom stereocenters. The number of rotatable bonds is 7. The average Bonchev–Trinajstić information content (AvgIpc) is 3.06. The maximum absolute atomic E-state index is 11.7. The second-order valence-corrected chi connectivity index (χ2v) is 5.32. The maximum atomic E-state index is 11.7. The molecule has 6 nitrogen and oxygen atoms in total. The number of urea groups is 1. The van der Waals surface area contributed by atoms with E-state index in [1.165, 1.54) is 0 Å². The van der Waals surface area contributed by atoms with Crippen molar-refractivity contribution in [2.45, 2.75) is 19.3 Å². The number of hydrogen-bond donors (Lipinski definition) is 2. The van der Waals surface area contributed by atoms with Gasteiger partial charge in [0, 0.05) is 20.1 Å². The van der Waals surface area contributed by atoms with Gasteiger partial charge in [-0.1, -0.05) is 0 Å². The Balaban J connectivity index is 2.22. The van der Waals surface area contributed by atoms with E-state index in [0.717, 1.165) is 13.0 Å². The molecule has 1 rings (SSSR count). The number of carbonyl (C=O) groups excluding carboxylic acids is 1. The summed E-state index contributed by atoms with van der Waals surface area (Å²) in [5, 5.41) is 11.7. The summed E-state index contributed by atoms with van der Waals surface area (Å²) < 4.78 is 0. The number of hydrogen-bond acceptors (Lipinski definition) is 3. The Morgan fingerprint density at radius 2 is 1.83 bits per heavy atom. The van der Waals surface area contributed by atoms with Crippen molar-refractivity contribution < 1.29 is 14.7 Å². The molecule has 0 spiro atoms. The summed E-state index contributed by atoms with van der Waals surface area (Å²) in [5.74, 6) is -0.807. The first-order chi connectivity index (χ1) is 8.37. The van der Waals surface area contributed by atoms with Crippen molar-refractivity contribution in [3.05, 3.63) is 0 Å². The van der Waals surface area contributed by atoms with Gasteiger partial charge in [0.2, 0.25) is 0 Å². The summed E-state index contributed by atoms with van der Waals surface area (Å²) in [6.07, 6.45) is 2.22. The summed E-state index contributed by atoms with van der Waals surface area (Å²) in [7, 11) is 5.71. The molecule has 0 aromatic rings. The lowest BCUT2D eigenvalue weighted by Crippen LogP contribution is -2.42. The zero-order valence-corrected chi connectivity index (χ0v) is 11.4. The first kappa shape index (κ1) is 14.8. The lowest BCUT2D eigenvalue weighted by Gasteiger charge is -2.20. The number of carboxylic acid groups (broad SMARTS) is 1. The molecular weight excluding hydrogens is 234 g/mol. The third-order valence-corrected chi connectivity index (χ3v) is 3.33. The minimum Gasteiger partial charge on any atom is -0.481 e. The Labute approximate surface area is 108 Å². The van der Waals surface area contributed by atoms with Crippen molar-refractivity contribution in [3.63, 3.8) is 0 Å². The van der Waals surface area contributed by atoms with Gasteiger partial charge in [-0.2, -0.15) is 0 Å². The molecule has 0 aromatic heterocycles. The molecule has 104 valence electrons. The van der Waals surface area contributed by atoms with E-state index in [1.54, 1.807) is 11.9 Å². The van der Waals surface area contributed by atoms with Crippen molar-refractivity contribution in [3.8, 4) is 0 Å². The second kappa shape index (κ2) is 6.04. The highest BCUT2D eigenvalue weighted by Gasteiger charge is 2.50. The van der Waals surface area contributed by atoms with E-state index in [-0.39, 0.29) is 12.6 Å². The van der Waals surface area contributed by atoms with Crippen molar-refractivity contribution in [2.75, 3.05) is 40.8 Å². The van der Waals surface area contributed by atoms with Crippen LogP contribution in [0.1, 0.15) is 19.3 Å². The number of nitrogens with zero attached hydrogens (tertiary/aromatic N) is 2. The highest BCUT2D eigenvalue weighted by Crippen LogP contribution is 2.45. The molecule has 2 N–H and O–H groups in total. The van der Waals surface area contributed by atoms with Crippen molar-refractivity contribution >= 4 is 12.0 Å². The monoisotopic (exact) mass is 257 g/mol. The largest absolute Gasteiger partial charge is 0.481 e. The average molecular weight is 257 g/mol. The van der Waals surface area contributed by atoms with Crippen molar-refractivity contribution in [1.29, 1.82) is 0 Å². The van der Waals surface area contributed by atoms with Crippen LogP contribution in [-0.2, 0) is 4.79 Å². The van der Waals surface area contributed by atoms with Crippen LogP contribution in [0.15, 0.2) is 0 Å². The molecular formula is C12H23N3O3. The van der Waals surface area contributed by atoms with Gasteiger partial charge in [0.1, 0.15) is 0 Å². The molecule has 0 aromatic carbocycles. The van der Waals surface area contributed by atoms with Crippen LogP contribution in [0.25, 0.3) is 0 Å². The molecule has 0 aliphatic heterocycles. The predicted molar refractivity (Wildman–Crippen MR) is 68.5 cm³/mol. The fourth-order valence-corrected chi connectivity index (χ4v) is 1.72. The van der Waals surface area contributed by atoms with Gasteiger partial charge in [-0.3, -0.25) is 4.79 Å². The third-order valence-electron chi connectivity index (χ3n) is 3.33. The molecule has 18 heavy (non-hydrogen) atoms. The summed E-state index contributed by atoms with van der Waals surface area (Å²) in [6, 6.07) is -0.193. The summed E-state index contributed by atoms with van der Waals surface area (Å²) in [4.78, 5) is 26.3. The Kier molecular flexibility index (Phi) is 4.95. The van der Waals surface area contributed by atoms with Crippen LogP contribution in [-0.4, -0.2) is 67.7 Å². The van der Waals surface area contributed by atoms with E-state index in [9.17, 15) is 9.59 Å². The zero-order valence-electron chi connectivity index (χ0n) is 11.4. The van der Waals surface area contributed by atoms with Crippen LogP contribution in [0, 0.1) is 5.41 Å². The molecule has 0 bridgehead atoms. The number of amides is 2. The maximum Gasteiger partial charge on any atom is 0.317 e. The SMILES string of the molecule is CN(C)CCCN(C)C(=O)NCC1(C(=O)O)CC1. The molecule has 0 saturated heterocycles. The fourth-order valence-electron chi connectivity index (χ4n) is 1.72. The highest BCUT2D eigenvalue weighted by atomic mass is 16.4. The zero-order chi connectivity index (χ0) is 13.8. The van der Waals surface area contributed by atoms with Crippen LogP contribution in [0.2, 0.25) is 0 Å². The van der Waals surface area contributed by atoms with Gasteiger partial charge in [0.15, 0.2) is 0 Å². The number of carboxylic acids is 1. The van der Waals surface area contributed by atoms with Crippen LogP contribution in [0.3, 0.4) is 0 Å². The summed E-state index contributed by atoms with van der Waals surface area (Å²) >= 11 is 0. The normalized spacial score (nSPS) is 16.4. The molecule has 1 aliphatic carbocycles. The number of aliphatic carboxylic acids is 1. The predicted octanol–water partition coefficient (Wildman–Crippen LogP) is 0.444. The van der Waals surface area contributed by atoms with Gasteiger partial charge in [-0.25, -0.2) is 4.79 Å². The molecule has 0 unspecified atom stereocenters. The second-order valence-electron chi connectivity index (χ2n) is 5.32. The molecule has 0 heterocycles. The van der Waals surface area contributed by atoms with Crippen LogP contribution < -0.4 is 5.32 Å². The van der Waals surface area contributed by atoms with Gasteiger partial charge < -0.3 is 20.2 Å². The number of carbonyl (C=O) groups is 2. The van der Waals surface area contributed by atoms with E-state index in [1.807, 2.05) is 14.1 Å².